The summed E-state index contributed by atoms with van der Waals surface area (Å²) in [5.41, 5.74) is 29.7. The molecule has 11 nitrogen and oxygen atoms in total. The van der Waals surface area contributed by atoms with E-state index in [1.807, 2.05) is 60.7 Å². The molecule has 0 unspecified atom stereocenters. The van der Waals surface area contributed by atoms with Crippen LogP contribution < -0.4 is 5.46 Å². The molecule has 0 radical (unpaired) electrons. The van der Waals surface area contributed by atoms with Gasteiger partial charge < -0.3 is 15.0 Å². The number of rotatable bonds is 4. The molecule has 6 heterocycles. The second kappa shape index (κ2) is 30.3. The molecule has 0 spiro atoms. The quantitative estimate of drug-likeness (QED) is 0.117. The molecule has 26 aromatic rings. The van der Waals surface area contributed by atoms with Crippen molar-refractivity contribution in [1.29, 1.82) is 0 Å². The van der Waals surface area contributed by atoms with Crippen LogP contribution in [-0.2, 0) is 0 Å². The maximum Gasteiger partial charge on any atom is 0.488 e. The van der Waals surface area contributed by atoms with Crippen molar-refractivity contribution in [3.63, 3.8) is 0 Å². The Bertz CT molecular complexity index is 9240. The van der Waals surface area contributed by atoms with E-state index in [-0.39, 0.29) is 10.3 Å². The highest BCUT2D eigenvalue weighted by atomic mass is 35.5. The predicted molar refractivity (Wildman–Crippen MR) is 538 cm³/mol. The Kier molecular flexibility index (Phi) is 17.8. The fraction of sp³-hybridized carbons (Fsp3) is 0. The summed E-state index contributed by atoms with van der Waals surface area (Å²) in [5, 5.41) is 40.0. The minimum atomic E-state index is -1.34. The SMILES string of the molecule is Clc1nc2c(ccc3ccccc32)nc1-n1c2cccc3c2c2c4c(cccc4ccc21)-c1ccccc1-3.Clc1nc2ccc3ccccc3c2nc1Cl.OB(O)c1ccccc1.c1ccc(-c2nc3c(ccc4ccccc43)nc2-n2c3cccc4c3c3c5c(cccc5ccc32)-c2ccccc2-4)cc1.c1ccc2c(c1)-c1cccc3ccc4[nH]c5cccc-2c5c4c13. The summed E-state index contributed by atoms with van der Waals surface area (Å²) in [7, 11) is -1.34. The van der Waals surface area contributed by atoms with Gasteiger partial charge in [-0.05, 0) is 175 Å². The zero-order valence-corrected chi connectivity index (χ0v) is 70.9. The molecule has 0 aliphatic heterocycles. The molecule has 0 saturated carbocycles. The van der Waals surface area contributed by atoms with Crippen LogP contribution in [0.5, 0.6) is 0 Å². The number of fused-ring (bicyclic) bond motifs is 18. The number of benzene rings is 20. The van der Waals surface area contributed by atoms with Crippen LogP contribution in [0.4, 0.5) is 0 Å². The standard InChI is InChI=1S/C40H23N3.C34H18ClN3.C22H13N.C12H6Cl2N2.C6H7BO2/c1-2-11-26(12-3-1)38-40(41-32-22-20-24-10-4-5-14-27(24)39(32)42-38)43-33-19-9-18-31-29-16-7-6-15-28(29)30-17-8-13-25-21-23-34(43)37(35(25)30)36(31)33;35-33-34(36-26-17-15-19-7-1-2-9-21(19)32(26)37-33)38-27-14-6-13-25-23-11-4-3-10-22(23)24-12-5-8-20-16-18-28(38)31(29(20)24)30(25)27;1-2-7-15-14(6-1)16-8-3-5-13-11-12-19-22(20(13)16)21-17(15)9-4-10-18(21)23-19;13-11-12(14)16-10-8-4-2-1-3-7(8)5-6-9(10)15-11;8-7(9)6-4-2-1-3-5-6/h1-23H;1-18H;1-12,23H;1-6H;1-5,8-9H. The Balaban J connectivity index is 0.0000000947. The highest BCUT2D eigenvalue weighted by molar-refractivity contribution is 6.58. The number of aromatic nitrogens is 9. The van der Waals surface area contributed by atoms with Crippen molar-refractivity contribution < 1.29 is 10.0 Å². The van der Waals surface area contributed by atoms with Crippen LogP contribution in [0.1, 0.15) is 0 Å². The van der Waals surface area contributed by atoms with E-state index in [2.05, 4.69) is 327 Å². The largest absolute Gasteiger partial charge is 0.488 e. The highest BCUT2D eigenvalue weighted by Gasteiger charge is 2.31. The molecule has 129 heavy (non-hydrogen) atoms. The smallest absolute Gasteiger partial charge is 0.423 e. The molecule has 3 aliphatic carbocycles. The lowest BCUT2D eigenvalue weighted by Crippen LogP contribution is -2.29. The van der Waals surface area contributed by atoms with E-state index >= 15 is 0 Å². The van der Waals surface area contributed by atoms with Crippen molar-refractivity contribution in [2.24, 2.45) is 0 Å². The molecule has 0 saturated heterocycles. The normalized spacial score (nSPS) is 11.9. The molecule has 29 rings (SSSR count). The van der Waals surface area contributed by atoms with Gasteiger partial charge in [-0.2, -0.15) is 0 Å². The molecular formula is C114H67BCl3N9O2. The van der Waals surface area contributed by atoms with Crippen LogP contribution >= 0.6 is 34.8 Å². The van der Waals surface area contributed by atoms with E-state index in [4.69, 9.17) is 64.8 Å². The first-order valence-electron chi connectivity index (χ1n) is 42.9. The number of hydrogen-bond acceptors (Lipinski definition) is 8. The zero-order valence-electron chi connectivity index (χ0n) is 68.6. The summed E-state index contributed by atoms with van der Waals surface area (Å²) in [6, 6.07) is 135. The van der Waals surface area contributed by atoms with Crippen molar-refractivity contribution >= 4 is 211 Å². The van der Waals surface area contributed by atoms with E-state index in [9.17, 15) is 0 Å². The van der Waals surface area contributed by atoms with E-state index in [1.54, 1.807) is 24.3 Å². The number of aromatic amines is 1. The third kappa shape index (κ3) is 12.1. The lowest BCUT2D eigenvalue weighted by molar-refractivity contribution is 0.426. The first-order valence-corrected chi connectivity index (χ1v) is 44.0. The summed E-state index contributed by atoms with van der Waals surface area (Å²) in [6.45, 7) is 0. The molecule has 15 heteroatoms. The fourth-order valence-electron chi connectivity index (χ4n) is 20.3. The van der Waals surface area contributed by atoms with Crippen molar-refractivity contribution in [1.82, 2.24) is 44.0 Å². The summed E-state index contributed by atoms with van der Waals surface area (Å²) < 4.78 is 4.55. The maximum atomic E-state index is 8.58. The van der Waals surface area contributed by atoms with Crippen molar-refractivity contribution in [2.75, 3.05) is 0 Å². The molecule has 6 aromatic heterocycles. The Labute approximate surface area is 752 Å². The lowest BCUT2D eigenvalue weighted by atomic mass is 9.81. The van der Waals surface area contributed by atoms with Gasteiger partial charge in [0.05, 0.1) is 55.2 Å². The van der Waals surface area contributed by atoms with E-state index in [0.717, 1.165) is 105 Å². The van der Waals surface area contributed by atoms with E-state index in [1.165, 1.54) is 142 Å². The predicted octanol–water partition coefficient (Wildman–Crippen LogP) is 29.3. The Hall–Kier alpha value is -15.8. The zero-order chi connectivity index (χ0) is 85.8. The van der Waals surface area contributed by atoms with Crippen molar-refractivity contribution in [2.45, 2.75) is 0 Å². The number of H-pyrrole nitrogens is 1. The van der Waals surface area contributed by atoms with Crippen LogP contribution in [0.25, 0.3) is 253 Å². The van der Waals surface area contributed by atoms with Crippen LogP contribution in [-0.4, -0.2) is 61.2 Å². The first kappa shape index (κ1) is 75.7. The number of nitrogens with one attached hydrogen (secondary N) is 1. The van der Waals surface area contributed by atoms with Gasteiger partial charge >= 0.3 is 7.12 Å². The second-order valence-corrected chi connectivity index (χ2v) is 33.9. The van der Waals surface area contributed by atoms with E-state index < -0.39 is 7.12 Å². The van der Waals surface area contributed by atoms with Crippen LogP contribution in [0.15, 0.2) is 388 Å². The van der Waals surface area contributed by atoms with Gasteiger partial charge in [0.25, 0.3) is 0 Å². The highest BCUT2D eigenvalue weighted by Crippen LogP contribution is 2.54. The van der Waals surface area contributed by atoms with Crippen LogP contribution in [0.3, 0.4) is 0 Å². The average Bonchev–Trinajstić information content (AvgIpc) is 1.55. The first-order chi connectivity index (χ1) is 63.6. The maximum absolute atomic E-state index is 8.58. The van der Waals surface area contributed by atoms with Crippen LogP contribution in [0, 0.1) is 0 Å². The third-order valence-electron chi connectivity index (χ3n) is 25.8. The Morgan fingerprint density at radius 1 is 0.225 bits per heavy atom. The number of nitrogens with zero attached hydrogens (tertiary/aromatic N) is 8. The fourth-order valence-corrected chi connectivity index (χ4v) is 20.8. The Morgan fingerprint density at radius 2 is 0.550 bits per heavy atom. The monoisotopic (exact) mass is 1710 g/mol. The average molecular weight is 1710 g/mol. The third-order valence-corrected chi connectivity index (χ3v) is 26.7. The summed E-state index contributed by atoms with van der Waals surface area (Å²) in [4.78, 5) is 33.0. The van der Waals surface area contributed by atoms with Gasteiger partial charge in [0.15, 0.2) is 27.1 Å². The Morgan fingerprint density at radius 3 is 1.02 bits per heavy atom. The molecule has 604 valence electrons. The molecule has 20 aromatic carbocycles. The molecule has 0 bridgehead atoms. The van der Waals surface area contributed by atoms with Gasteiger partial charge in [-0.25, -0.2) is 29.9 Å². The topological polar surface area (TPSA) is 143 Å². The summed E-state index contributed by atoms with van der Waals surface area (Å²) >= 11 is 18.7. The van der Waals surface area contributed by atoms with Gasteiger partial charge in [0.2, 0.25) is 0 Å². The van der Waals surface area contributed by atoms with Gasteiger partial charge in [-0.15, -0.1) is 0 Å². The number of halogens is 3. The van der Waals surface area contributed by atoms with Crippen LogP contribution in [0.2, 0.25) is 15.5 Å². The molecule has 0 amide bonds. The van der Waals surface area contributed by atoms with Gasteiger partial charge in [0, 0.05) is 65.1 Å². The minimum Gasteiger partial charge on any atom is -0.423 e. The van der Waals surface area contributed by atoms with Gasteiger partial charge in [0.1, 0.15) is 5.69 Å². The second-order valence-electron chi connectivity index (χ2n) is 32.8. The van der Waals surface area contributed by atoms with Crippen molar-refractivity contribution in [3.05, 3.63) is 404 Å². The van der Waals surface area contributed by atoms with E-state index in [0.29, 0.717) is 16.4 Å². The molecule has 0 atom stereocenters. The van der Waals surface area contributed by atoms with Crippen molar-refractivity contribution in [3.8, 4) is 89.7 Å². The molecule has 0 fully saturated rings. The molecule has 3 N–H and O–H groups in total. The molecule has 3 aliphatic rings. The lowest BCUT2D eigenvalue weighted by Gasteiger charge is -2.16. The van der Waals surface area contributed by atoms with Gasteiger partial charge in [-0.1, -0.05) is 368 Å². The minimum absolute atomic E-state index is 0.240. The number of hydrogen-bond donors (Lipinski definition) is 3. The molecular weight excluding hydrogens is 1640 g/mol. The summed E-state index contributed by atoms with van der Waals surface area (Å²) in [6.07, 6.45) is 0. The summed E-state index contributed by atoms with van der Waals surface area (Å²) in [5.74, 6) is 1.49. The van der Waals surface area contributed by atoms with Gasteiger partial charge in [-0.3, -0.25) is 9.13 Å².